The molecule has 0 bridgehead atoms. The van der Waals surface area contributed by atoms with E-state index in [0.717, 1.165) is 21.3 Å². The van der Waals surface area contributed by atoms with Gasteiger partial charge in [-0.25, -0.2) is 17.2 Å². The first kappa shape index (κ1) is 23.3. The third-order valence-electron chi connectivity index (χ3n) is 5.08. The van der Waals surface area contributed by atoms with Gasteiger partial charge in [0.05, 0.1) is 11.3 Å². The lowest BCUT2D eigenvalue weighted by Crippen LogP contribution is -2.50. The molecule has 0 radical (unpaired) electrons. The molecule has 1 fully saturated rings. The Labute approximate surface area is 193 Å². The van der Waals surface area contributed by atoms with Crippen LogP contribution in [0.1, 0.15) is 22.1 Å². The van der Waals surface area contributed by atoms with Crippen LogP contribution in [0, 0.1) is 18.6 Å². The van der Waals surface area contributed by atoms with Crippen molar-refractivity contribution in [1.29, 1.82) is 0 Å². The number of hydrogen-bond acceptors (Lipinski definition) is 7. The van der Waals surface area contributed by atoms with E-state index in [4.69, 9.17) is 4.52 Å². The van der Waals surface area contributed by atoms with Gasteiger partial charge >= 0.3 is 0 Å². The van der Waals surface area contributed by atoms with Gasteiger partial charge in [-0.15, -0.1) is 11.8 Å². The van der Waals surface area contributed by atoms with Gasteiger partial charge < -0.3 is 9.42 Å². The molecule has 4 rings (SSSR count). The summed E-state index contributed by atoms with van der Waals surface area (Å²) in [4.78, 5) is 19.0. The van der Waals surface area contributed by atoms with Crippen LogP contribution >= 0.6 is 11.8 Å². The number of piperazine rings is 1. The number of halogens is 2. The van der Waals surface area contributed by atoms with Crippen molar-refractivity contribution in [2.75, 3.05) is 26.2 Å². The molecule has 0 aliphatic carbocycles. The van der Waals surface area contributed by atoms with E-state index in [1.165, 1.54) is 11.8 Å². The fourth-order valence-corrected chi connectivity index (χ4v) is 5.79. The molecule has 2 aromatic carbocycles. The molecule has 33 heavy (non-hydrogen) atoms. The predicted molar refractivity (Wildman–Crippen MR) is 116 cm³/mol. The molecule has 0 atom stereocenters. The Kier molecular flexibility index (Phi) is 6.77. The maximum atomic E-state index is 14.0. The van der Waals surface area contributed by atoms with E-state index >= 15 is 0 Å². The summed E-state index contributed by atoms with van der Waals surface area (Å²) in [5, 5.41) is 3.85. The lowest BCUT2D eigenvalue weighted by atomic mass is 10.2. The smallest absolute Gasteiger partial charge is 0.255 e. The highest BCUT2D eigenvalue weighted by molar-refractivity contribution is 7.98. The van der Waals surface area contributed by atoms with Crippen molar-refractivity contribution in [1.82, 2.24) is 19.3 Å². The van der Waals surface area contributed by atoms with Crippen molar-refractivity contribution < 1.29 is 26.5 Å². The number of benzene rings is 2. The molecule has 1 amide bonds. The van der Waals surface area contributed by atoms with Gasteiger partial charge in [0, 0.05) is 44.1 Å². The van der Waals surface area contributed by atoms with Crippen molar-refractivity contribution >= 4 is 27.7 Å². The van der Waals surface area contributed by atoms with Crippen LogP contribution in [-0.2, 0) is 15.8 Å². The van der Waals surface area contributed by atoms with Crippen LogP contribution in [0.15, 0.2) is 56.8 Å². The van der Waals surface area contributed by atoms with Crippen LogP contribution in [0.25, 0.3) is 0 Å². The molecule has 1 aromatic heterocycles. The van der Waals surface area contributed by atoms with Crippen molar-refractivity contribution in [3.05, 3.63) is 71.4 Å². The average molecular weight is 495 g/mol. The number of amides is 1. The van der Waals surface area contributed by atoms with E-state index in [-0.39, 0.29) is 32.1 Å². The van der Waals surface area contributed by atoms with Crippen LogP contribution in [0.3, 0.4) is 0 Å². The van der Waals surface area contributed by atoms with Gasteiger partial charge in [0.1, 0.15) is 16.5 Å². The molecular weight excluding hydrogens is 474 g/mol. The number of aryl methyl sites for hydroxylation is 1. The first-order chi connectivity index (χ1) is 15.8. The second-order valence-electron chi connectivity index (χ2n) is 7.29. The zero-order valence-corrected chi connectivity index (χ0v) is 19.2. The fourth-order valence-electron chi connectivity index (χ4n) is 3.44. The molecular formula is C21H20F2N4O4S2. The van der Waals surface area contributed by atoms with Gasteiger partial charge in [-0.3, -0.25) is 4.79 Å². The van der Waals surface area contributed by atoms with E-state index < -0.39 is 26.6 Å². The number of aromatic nitrogens is 2. The molecule has 3 aromatic rings. The molecule has 8 nitrogen and oxygen atoms in total. The van der Waals surface area contributed by atoms with E-state index in [9.17, 15) is 22.0 Å². The quantitative estimate of drug-likeness (QED) is 0.486. The lowest BCUT2D eigenvalue weighted by molar-refractivity contribution is 0.0694. The van der Waals surface area contributed by atoms with Gasteiger partial charge in [0.15, 0.2) is 5.82 Å². The number of thioether (sulfide) groups is 1. The van der Waals surface area contributed by atoms with Crippen molar-refractivity contribution in [2.24, 2.45) is 0 Å². The van der Waals surface area contributed by atoms with Gasteiger partial charge in [-0.1, -0.05) is 17.3 Å². The van der Waals surface area contributed by atoms with E-state index in [1.54, 1.807) is 24.0 Å². The highest BCUT2D eigenvalue weighted by Crippen LogP contribution is 2.27. The molecule has 1 saturated heterocycles. The van der Waals surface area contributed by atoms with E-state index in [1.807, 2.05) is 12.1 Å². The molecule has 1 aliphatic rings. The number of hydrogen-bond donors (Lipinski definition) is 0. The summed E-state index contributed by atoms with van der Waals surface area (Å²) in [6, 6.07) is 9.47. The molecule has 0 N–H and O–H groups in total. The number of carbonyl (C=O) groups excluding carboxylic acids is 1. The topological polar surface area (TPSA) is 96.6 Å². The summed E-state index contributed by atoms with van der Waals surface area (Å²) in [5.41, 5.74) is 0.489. The highest BCUT2D eigenvalue weighted by Gasteiger charge is 2.32. The average Bonchev–Trinajstić information content (AvgIpc) is 3.22. The SMILES string of the molecule is Cc1nc(CSc2ccccc2C(=O)N2CCN(S(=O)(=O)c3ccc(F)cc3F)CC2)no1. The van der Waals surface area contributed by atoms with Crippen LogP contribution in [0.5, 0.6) is 0 Å². The molecule has 12 heteroatoms. The van der Waals surface area contributed by atoms with Crippen molar-refractivity contribution in [3.8, 4) is 0 Å². The van der Waals surface area contributed by atoms with Crippen LogP contribution in [0.4, 0.5) is 8.78 Å². The monoisotopic (exact) mass is 494 g/mol. The number of carbonyl (C=O) groups is 1. The van der Waals surface area contributed by atoms with Gasteiger partial charge in [-0.2, -0.15) is 9.29 Å². The number of sulfonamides is 1. The molecule has 174 valence electrons. The standard InChI is InChI=1S/C21H20F2N4O4S2/c1-14-24-20(25-31-14)13-32-18-5-3-2-4-16(18)21(28)26-8-10-27(11-9-26)33(29,30)19-7-6-15(22)12-17(19)23/h2-7,12H,8-11,13H2,1H3. The lowest BCUT2D eigenvalue weighted by Gasteiger charge is -2.34. The van der Waals surface area contributed by atoms with Crippen LogP contribution in [0.2, 0.25) is 0 Å². The minimum absolute atomic E-state index is 0.00232. The summed E-state index contributed by atoms with van der Waals surface area (Å²) >= 11 is 1.40. The summed E-state index contributed by atoms with van der Waals surface area (Å²) in [6.07, 6.45) is 0. The molecule has 1 aliphatic heterocycles. The summed E-state index contributed by atoms with van der Waals surface area (Å²) in [7, 11) is -4.14. The Balaban J connectivity index is 1.43. The Bertz CT molecular complexity index is 1270. The Morgan fingerprint density at radius 1 is 1.12 bits per heavy atom. The van der Waals surface area contributed by atoms with Crippen LogP contribution in [-0.4, -0.2) is 59.8 Å². The zero-order valence-electron chi connectivity index (χ0n) is 17.6. The minimum atomic E-state index is -4.14. The van der Waals surface area contributed by atoms with Crippen molar-refractivity contribution in [3.63, 3.8) is 0 Å². The zero-order chi connectivity index (χ0) is 23.6. The summed E-state index contributed by atoms with van der Waals surface area (Å²) in [5.74, 6) is -0.817. The van der Waals surface area contributed by atoms with Crippen molar-refractivity contribution in [2.45, 2.75) is 22.5 Å². The third-order valence-corrected chi connectivity index (χ3v) is 8.08. The van der Waals surface area contributed by atoms with E-state index in [2.05, 4.69) is 10.1 Å². The Morgan fingerprint density at radius 3 is 2.52 bits per heavy atom. The van der Waals surface area contributed by atoms with Crippen LogP contribution < -0.4 is 0 Å². The summed E-state index contributed by atoms with van der Waals surface area (Å²) in [6.45, 7) is 1.99. The minimum Gasteiger partial charge on any atom is -0.340 e. The van der Waals surface area contributed by atoms with E-state index in [0.29, 0.717) is 29.1 Å². The number of nitrogens with zero attached hydrogens (tertiary/aromatic N) is 4. The first-order valence-corrected chi connectivity index (χ1v) is 12.4. The van der Waals surface area contributed by atoms with Gasteiger partial charge in [-0.05, 0) is 24.3 Å². The fraction of sp³-hybridized carbons (Fsp3) is 0.286. The normalized spacial score (nSPS) is 15.1. The first-order valence-electron chi connectivity index (χ1n) is 10.0. The second kappa shape index (κ2) is 9.57. The third kappa shape index (κ3) is 5.07. The summed E-state index contributed by atoms with van der Waals surface area (Å²) < 4.78 is 58.8. The Morgan fingerprint density at radius 2 is 1.85 bits per heavy atom. The predicted octanol–water partition coefficient (Wildman–Crippen LogP) is 3.10. The number of rotatable bonds is 6. The second-order valence-corrected chi connectivity index (χ2v) is 10.2. The Hall–Kier alpha value is -2.83. The largest absolute Gasteiger partial charge is 0.340 e. The maximum absolute atomic E-state index is 14.0. The molecule has 2 heterocycles. The van der Waals surface area contributed by atoms with Gasteiger partial charge in [0.25, 0.3) is 5.91 Å². The highest BCUT2D eigenvalue weighted by atomic mass is 32.2. The molecule has 0 saturated carbocycles. The molecule has 0 unspecified atom stereocenters. The molecule has 0 spiro atoms. The maximum Gasteiger partial charge on any atom is 0.255 e. The van der Waals surface area contributed by atoms with Gasteiger partial charge in [0.2, 0.25) is 15.9 Å².